The van der Waals surface area contributed by atoms with Crippen molar-refractivity contribution in [1.82, 2.24) is 9.88 Å². The third-order valence-electron chi connectivity index (χ3n) is 11.7. The number of aromatic nitrogens is 1. The highest BCUT2D eigenvalue weighted by Gasteiger charge is 2.48. The van der Waals surface area contributed by atoms with Crippen molar-refractivity contribution in [2.45, 2.75) is 11.6 Å². The first-order chi connectivity index (χ1) is 27.8. The maximum absolute atomic E-state index is 5.64. The van der Waals surface area contributed by atoms with Gasteiger partial charge in [-0.3, -0.25) is 4.99 Å². The summed E-state index contributed by atoms with van der Waals surface area (Å²) in [6.07, 6.45) is 1.80. The minimum absolute atomic E-state index is 0.405. The number of benzene rings is 8. The van der Waals surface area contributed by atoms with Gasteiger partial charge in [0, 0.05) is 27.7 Å². The molecule has 2 heterocycles. The lowest BCUT2D eigenvalue weighted by molar-refractivity contribution is 0.663. The third kappa shape index (κ3) is 4.81. The van der Waals surface area contributed by atoms with Gasteiger partial charge in [0.15, 0.2) is 0 Å². The lowest BCUT2D eigenvalue weighted by atomic mass is 9.67. The number of fused-ring (bicyclic) bond motifs is 7. The van der Waals surface area contributed by atoms with Crippen molar-refractivity contribution in [3.05, 3.63) is 251 Å². The molecule has 56 heavy (non-hydrogen) atoms. The van der Waals surface area contributed by atoms with E-state index in [0.717, 1.165) is 39.3 Å². The number of nitrogens with one attached hydrogen (secondary N) is 1. The summed E-state index contributed by atoms with van der Waals surface area (Å²) in [6.45, 7) is 0. The van der Waals surface area contributed by atoms with Crippen molar-refractivity contribution in [2.75, 3.05) is 0 Å². The molecule has 264 valence electrons. The van der Waals surface area contributed by atoms with Crippen LogP contribution >= 0.6 is 0 Å². The van der Waals surface area contributed by atoms with Crippen LogP contribution in [0.15, 0.2) is 217 Å². The maximum Gasteiger partial charge on any atom is 0.147 e. The minimum Gasteiger partial charge on any atom is -0.359 e. The molecular weight excluding hydrogens is 679 g/mol. The Morgan fingerprint density at radius 2 is 1.07 bits per heavy atom. The number of aliphatic imine (C=N–C) groups is 1. The van der Waals surface area contributed by atoms with Gasteiger partial charge in [0.05, 0.1) is 22.2 Å². The summed E-state index contributed by atoms with van der Waals surface area (Å²) in [6, 6.07) is 74.6. The fraction of sp³-hybridized carbons (Fsp3) is 0.0377. The van der Waals surface area contributed by atoms with E-state index in [2.05, 4.69) is 222 Å². The number of rotatable bonds is 6. The van der Waals surface area contributed by atoms with Crippen molar-refractivity contribution in [3.8, 4) is 16.8 Å². The number of allylic oxidation sites excluding steroid dienone is 1. The molecule has 0 bridgehead atoms. The second kappa shape index (κ2) is 13.0. The van der Waals surface area contributed by atoms with E-state index in [-0.39, 0.29) is 0 Å². The molecule has 9 aromatic rings. The zero-order valence-corrected chi connectivity index (χ0v) is 30.7. The van der Waals surface area contributed by atoms with Gasteiger partial charge in [-0.1, -0.05) is 182 Å². The monoisotopic (exact) mass is 715 g/mol. The van der Waals surface area contributed by atoms with Crippen LogP contribution in [0.3, 0.4) is 0 Å². The summed E-state index contributed by atoms with van der Waals surface area (Å²) >= 11 is 0. The highest BCUT2D eigenvalue weighted by Crippen LogP contribution is 2.60. The van der Waals surface area contributed by atoms with Crippen LogP contribution < -0.4 is 5.32 Å². The van der Waals surface area contributed by atoms with Crippen LogP contribution in [0.5, 0.6) is 0 Å². The van der Waals surface area contributed by atoms with Crippen LogP contribution in [0.2, 0.25) is 0 Å². The minimum atomic E-state index is -0.577. The number of nitrogens with zero attached hydrogens (tertiary/aromatic N) is 2. The third-order valence-corrected chi connectivity index (χ3v) is 11.7. The van der Waals surface area contributed by atoms with E-state index in [1.165, 1.54) is 49.7 Å². The molecule has 1 aliphatic carbocycles. The SMILES string of the molecule is C1=C(c2ccccc2)NC(c2cc3c(c4c5ccccc5n(-c5ccccc5)c24)-c2ccccc2C3(c2ccccc2)c2ccccc2)N=C1c1ccccc1. The Hall–Kier alpha value is -7.23. The number of para-hydroxylation sites is 2. The van der Waals surface area contributed by atoms with E-state index in [1.54, 1.807) is 0 Å². The van der Waals surface area contributed by atoms with Gasteiger partial charge in [-0.15, -0.1) is 0 Å². The number of hydrogen-bond acceptors (Lipinski definition) is 2. The molecule has 11 rings (SSSR count). The lowest BCUT2D eigenvalue weighted by Gasteiger charge is -2.35. The van der Waals surface area contributed by atoms with Gasteiger partial charge >= 0.3 is 0 Å². The second-order valence-electron chi connectivity index (χ2n) is 14.7. The van der Waals surface area contributed by atoms with Gasteiger partial charge in [0.25, 0.3) is 0 Å². The predicted octanol–water partition coefficient (Wildman–Crippen LogP) is 12.3. The first-order valence-electron chi connectivity index (χ1n) is 19.3. The lowest BCUT2D eigenvalue weighted by Crippen LogP contribution is -2.29. The zero-order chi connectivity index (χ0) is 37.1. The summed E-state index contributed by atoms with van der Waals surface area (Å²) in [4.78, 5) is 5.64. The number of hydrogen-bond donors (Lipinski definition) is 1. The molecule has 1 atom stereocenters. The molecule has 8 aromatic carbocycles. The Morgan fingerprint density at radius 1 is 0.518 bits per heavy atom. The van der Waals surface area contributed by atoms with Crippen LogP contribution in [0.4, 0.5) is 0 Å². The van der Waals surface area contributed by atoms with Crippen LogP contribution in [-0.4, -0.2) is 10.3 Å². The predicted molar refractivity (Wildman–Crippen MR) is 231 cm³/mol. The molecular formula is C53H37N3. The largest absolute Gasteiger partial charge is 0.359 e. The Kier molecular flexibility index (Phi) is 7.46. The van der Waals surface area contributed by atoms with Crippen molar-refractivity contribution in [1.29, 1.82) is 0 Å². The van der Waals surface area contributed by atoms with Gasteiger partial charge in [-0.2, -0.15) is 0 Å². The van der Waals surface area contributed by atoms with Gasteiger partial charge in [0.1, 0.15) is 6.17 Å². The molecule has 2 aliphatic rings. The molecule has 0 fully saturated rings. The van der Waals surface area contributed by atoms with Crippen molar-refractivity contribution >= 4 is 33.2 Å². The van der Waals surface area contributed by atoms with E-state index in [4.69, 9.17) is 4.99 Å². The molecule has 3 nitrogen and oxygen atoms in total. The van der Waals surface area contributed by atoms with Gasteiger partial charge in [-0.25, -0.2) is 0 Å². The van der Waals surface area contributed by atoms with Crippen LogP contribution in [0.25, 0.3) is 44.3 Å². The molecule has 0 amide bonds. The highest BCUT2D eigenvalue weighted by atomic mass is 15.1. The van der Waals surface area contributed by atoms with E-state index in [1.807, 2.05) is 0 Å². The molecule has 1 unspecified atom stereocenters. The van der Waals surface area contributed by atoms with Crippen LogP contribution in [-0.2, 0) is 5.41 Å². The smallest absolute Gasteiger partial charge is 0.147 e. The Morgan fingerprint density at radius 3 is 1.75 bits per heavy atom. The molecule has 0 saturated heterocycles. The topological polar surface area (TPSA) is 29.3 Å². The average molecular weight is 716 g/mol. The zero-order valence-electron chi connectivity index (χ0n) is 30.7. The summed E-state index contributed by atoms with van der Waals surface area (Å²) in [7, 11) is 0. The van der Waals surface area contributed by atoms with Crippen molar-refractivity contribution in [2.24, 2.45) is 4.99 Å². The van der Waals surface area contributed by atoms with Crippen molar-refractivity contribution < 1.29 is 0 Å². The molecule has 0 spiro atoms. The molecule has 1 N–H and O–H groups in total. The summed E-state index contributed by atoms with van der Waals surface area (Å²) in [5, 5.41) is 6.44. The maximum atomic E-state index is 5.64. The molecule has 0 radical (unpaired) electrons. The van der Waals surface area contributed by atoms with Crippen LogP contribution in [0.1, 0.15) is 45.1 Å². The fourth-order valence-corrected chi connectivity index (χ4v) is 9.40. The first-order valence-corrected chi connectivity index (χ1v) is 19.3. The Labute approximate surface area is 326 Å². The van der Waals surface area contributed by atoms with Gasteiger partial charge in [-0.05, 0) is 74.8 Å². The Balaban J connectivity index is 1.32. The van der Waals surface area contributed by atoms with Gasteiger partial charge < -0.3 is 9.88 Å². The second-order valence-corrected chi connectivity index (χ2v) is 14.7. The molecule has 3 heteroatoms. The van der Waals surface area contributed by atoms with Crippen LogP contribution in [0, 0.1) is 0 Å². The van der Waals surface area contributed by atoms with Crippen molar-refractivity contribution in [3.63, 3.8) is 0 Å². The van der Waals surface area contributed by atoms with E-state index in [9.17, 15) is 0 Å². The first kappa shape index (κ1) is 32.2. The summed E-state index contributed by atoms with van der Waals surface area (Å²) < 4.78 is 2.47. The average Bonchev–Trinajstić information content (AvgIpc) is 3.78. The van der Waals surface area contributed by atoms with Gasteiger partial charge in [0.2, 0.25) is 0 Å². The molecule has 1 aliphatic heterocycles. The fourth-order valence-electron chi connectivity index (χ4n) is 9.40. The summed E-state index contributed by atoms with van der Waals surface area (Å²) in [5.74, 6) is 0. The van der Waals surface area contributed by atoms with E-state index in [0.29, 0.717) is 0 Å². The molecule has 1 aromatic heterocycles. The molecule has 0 saturated carbocycles. The van der Waals surface area contributed by atoms with E-state index < -0.39 is 11.6 Å². The Bertz CT molecular complexity index is 2920. The quantitative estimate of drug-likeness (QED) is 0.182. The normalized spacial score (nSPS) is 15.5. The standard InChI is InChI=1S/C53H37N3/c1-6-20-36(21-7-1)46-35-47(37-22-8-2-9-23-37)55-52(54-46)43-34-45-49(50-42-31-17-19-33-48(42)56(51(43)50)40-28-14-5-15-29-40)41-30-16-18-32-44(41)53(45,38-24-10-3-11-25-38)39-26-12-4-13-27-39/h1-35,52,54H. The van der Waals surface area contributed by atoms with E-state index >= 15 is 0 Å². The summed E-state index contributed by atoms with van der Waals surface area (Å²) in [5.41, 5.74) is 15.8. The highest BCUT2D eigenvalue weighted by molar-refractivity contribution is 6.20.